The fourth-order valence-electron chi connectivity index (χ4n) is 5.45. The van der Waals surface area contributed by atoms with E-state index in [1.54, 1.807) is 6.42 Å². The van der Waals surface area contributed by atoms with E-state index in [2.05, 4.69) is 26.2 Å². The quantitative estimate of drug-likeness (QED) is 0.794. The molecule has 0 saturated heterocycles. The molecule has 3 rings (SSSR count). The van der Waals surface area contributed by atoms with Crippen molar-refractivity contribution in [2.45, 2.75) is 64.8 Å². The molecule has 0 amide bonds. The molecule has 3 aliphatic rings. The summed E-state index contributed by atoms with van der Waals surface area (Å²) in [5.41, 5.74) is 0. The van der Waals surface area contributed by atoms with Gasteiger partial charge in [0, 0.05) is 6.04 Å². The molecular formula is C17H31N. The summed E-state index contributed by atoms with van der Waals surface area (Å²) in [6, 6.07) is 0.829. The maximum atomic E-state index is 3.73. The van der Waals surface area contributed by atoms with E-state index in [1.165, 1.54) is 38.5 Å². The average Bonchev–Trinajstić information content (AvgIpc) is 2.97. The highest BCUT2D eigenvalue weighted by molar-refractivity contribution is 4.98. The number of hydrogen-bond acceptors (Lipinski definition) is 1. The predicted molar refractivity (Wildman–Crippen MR) is 77.5 cm³/mol. The lowest BCUT2D eigenvalue weighted by Gasteiger charge is -2.41. The number of nitrogens with one attached hydrogen (secondary N) is 1. The van der Waals surface area contributed by atoms with Gasteiger partial charge in [-0.2, -0.15) is 0 Å². The van der Waals surface area contributed by atoms with Gasteiger partial charge >= 0.3 is 0 Å². The van der Waals surface area contributed by atoms with Gasteiger partial charge in [-0.15, -0.1) is 0 Å². The van der Waals surface area contributed by atoms with E-state index in [-0.39, 0.29) is 0 Å². The van der Waals surface area contributed by atoms with Gasteiger partial charge in [0.15, 0.2) is 0 Å². The van der Waals surface area contributed by atoms with Gasteiger partial charge in [0.25, 0.3) is 0 Å². The summed E-state index contributed by atoms with van der Waals surface area (Å²) in [5, 5.41) is 3.73. The van der Waals surface area contributed by atoms with Gasteiger partial charge in [0.1, 0.15) is 0 Å². The number of fused-ring (bicyclic) bond motifs is 2. The fourth-order valence-corrected chi connectivity index (χ4v) is 5.45. The van der Waals surface area contributed by atoms with Crippen LogP contribution in [0.5, 0.6) is 0 Å². The molecule has 1 heteroatoms. The third-order valence-corrected chi connectivity index (χ3v) is 6.73. The summed E-state index contributed by atoms with van der Waals surface area (Å²) in [6.45, 7) is 4.93. The first-order valence-corrected chi connectivity index (χ1v) is 8.36. The Morgan fingerprint density at radius 2 is 1.72 bits per heavy atom. The van der Waals surface area contributed by atoms with Crippen molar-refractivity contribution in [2.75, 3.05) is 7.05 Å². The van der Waals surface area contributed by atoms with E-state index in [9.17, 15) is 0 Å². The van der Waals surface area contributed by atoms with Gasteiger partial charge in [0.2, 0.25) is 0 Å². The van der Waals surface area contributed by atoms with E-state index in [0.29, 0.717) is 0 Å². The zero-order valence-electron chi connectivity index (χ0n) is 12.5. The zero-order chi connectivity index (χ0) is 12.7. The van der Waals surface area contributed by atoms with Crippen molar-refractivity contribution < 1.29 is 0 Å². The van der Waals surface area contributed by atoms with Crippen molar-refractivity contribution in [1.82, 2.24) is 5.32 Å². The molecule has 7 atom stereocenters. The fraction of sp³-hybridized carbons (Fsp3) is 1.00. The highest BCUT2D eigenvalue weighted by Gasteiger charge is 2.45. The first-order chi connectivity index (χ1) is 8.69. The standard InChI is InChI=1S/C17H31N/c1-11-4-6-15(8-12(11)2)17(18-3)16-10-13-5-7-14(16)9-13/h11-18H,4-10H2,1-3H3. The van der Waals surface area contributed by atoms with E-state index < -0.39 is 0 Å². The van der Waals surface area contributed by atoms with Crippen LogP contribution in [-0.4, -0.2) is 13.1 Å². The molecule has 18 heavy (non-hydrogen) atoms. The third-order valence-electron chi connectivity index (χ3n) is 6.73. The second-order valence-corrected chi connectivity index (χ2v) is 7.68. The van der Waals surface area contributed by atoms with E-state index in [0.717, 1.165) is 41.5 Å². The first kappa shape index (κ1) is 13.0. The average molecular weight is 249 g/mol. The Morgan fingerprint density at radius 3 is 2.28 bits per heavy atom. The second kappa shape index (κ2) is 5.15. The van der Waals surface area contributed by atoms with Gasteiger partial charge in [0.05, 0.1) is 0 Å². The van der Waals surface area contributed by atoms with Crippen molar-refractivity contribution in [3.8, 4) is 0 Å². The molecule has 0 heterocycles. The van der Waals surface area contributed by atoms with Crippen LogP contribution < -0.4 is 5.32 Å². The minimum absolute atomic E-state index is 0.829. The summed E-state index contributed by atoms with van der Waals surface area (Å²) >= 11 is 0. The Labute approximate surface area is 113 Å². The minimum Gasteiger partial charge on any atom is -0.316 e. The van der Waals surface area contributed by atoms with Crippen LogP contribution in [0.15, 0.2) is 0 Å². The Kier molecular flexibility index (Phi) is 3.71. The predicted octanol–water partition coefficient (Wildman–Crippen LogP) is 4.08. The summed E-state index contributed by atoms with van der Waals surface area (Å²) in [5.74, 6) is 6.04. The van der Waals surface area contributed by atoms with E-state index >= 15 is 0 Å². The molecule has 3 aliphatic carbocycles. The molecule has 0 aromatic rings. The van der Waals surface area contributed by atoms with Gasteiger partial charge in [-0.1, -0.05) is 26.7 Å². The van der Waals surface area contributed by atoms with Crippen molar-refractivity contribution in [2.24, 2.45) is 35.5 Å². The number of hydrogen-bond donors (Lipinski definition) is 1. The normalized spacial score (nSPS) is 49.5. The van der Waals surface area contributed by atoms with Crippen molar-refractivity contribution >= 4 is 0 Å². The summed E-state index contributed by atoms with van der Waals surface area (Å²) in [4.78, 5) is 0. The van der Waals surface area contributed by atoms with E-state index in [1.807, 2.05) is 0 Å². The third kappa shape index (κ3) is 2.24. The monoisotopic (exact) mass is 249 g/mol. The van der Waals surface area contributed by atoms with Crippen LogP contribution in [0.3, 0.4) is 0 Å². The molecule has 7 unspecified atom stereocenters. The molecule has 0 aromatic carbocycles. The lowest BCUT2D eigenvalue weighted by atomic mass is 9.68. The van der Waals surface area contributed by atoms with Gasteiger partial charge in [-0.05, 0) is 74.7 Å². The first-order valence-electron chi connectivity index (χ1n) is 8.36. The molecule has 1 N–H and O–H groups in total. The van der Waals surface area contributed by atoms with Gasteiger partial charge < -0.3 is 5.32 Å². The maximum absolute atomic E-state index is 3.73. The van der Waals surface area contributed by atoms with Gasteiger partial charge in [-0.25, -0.2) is 0 Å². The van der Waals surface area contributed by atoms with Gasteiger partial charge in [-0.3, -0.25) is 0 Å². The largest absolute Gasteiger partial charge is 0.316 e. The van der Waals surface area contributed by atoms with Crippen molar-refractivity contribution in [3.63, 3.8) is 0 Å². The summed E-state index contributed by atoms with van der Waals surface area (Å²) in [7, 11) is 2.22. The van der Waals surface area contributed by atoms with Crippen molar-refractivity contribution in [1.29, 1.82) is 0 Å². The number of rotatable bonds is 3. The minimum atomic E-state index is 0.829. The molecule has 3 fully saturated rings. The van der Waals surface area contributed by atoms with Crippen LogP contribution in [0.25, 0.3) is 0 Å². The van der Waals surface area contributed by atoms with Crippen LogP contribution >= 0.6 is 0 Å². The zero-order valence-corrected chi connectivity index (χ0v) is 12.5. The SMILES string of the molecule is CNC(C1CCC(C)C(C)C1)C1CC2CCC1C2. The molecule has 104 valence electrons. The van der Waals surface area contributed by atoms with Crippen LogP contribution in [-0.2, 0) is 0 Å². The van der Waals surface area contributed by atoms with Crippen molar-refractivity contribution in [3.05, 3.63) is 0 Å². The Hall–Kier alpha value is -0.0400. The Morgan fingerprint density at radius 1 is 0.889 bits per heavy atom. The summed E-state index contributed by atoms with van der Waals surface area (Å²) in [6.07, 6.45) is 10.6. The lowest BCUT2D eigenvalue weighted by Crippen LogP contribution is -2.44. The van der Waals surface area contributed by atoms with Crippen LogP contribution in [0.1, 0.15) is 58.8 Å². The summed E-state index contributed by atoms with van der Waals surface area (Å²) < 4.78 is 0. The molecular weight excluding hydrogens is 218 g/mol. The topological polar surface area (TPSA) is 12.0 Å². The highest BCUT2D eigenvalue weighted by atomic mass is 14.9. The molecule has 0 aromatic heterocycles. The van der Waals surface area contributed by atoms with Crippen LogP contribution in [0.4, 0.5) is 0 Å². The molecule has 3 saturated carbocycles. The lowest BCUT2D eigenvalue weighted by molar-refractivity contribution is 0.122. The van der Waals surface area contributed by atoms with Crippen LogP contribution in [0, 0.1) is 35.5 Å². The molecule has 1 nitrogen and oxygen atoms in total. The smallest absolute Gasteiger partial charge is 0.0123 e. The maximum Gasteiger partial charge on any atom is 0.0123 e. The van der Waals surface area contributed by atoms with Crippen LogP contribution in [0.2, 0.25) is 0 Å². The van der Waals surface area contributed by atoms with E-state index in [4.69, 9.17) is 0 Å². The molecule has 0 aliphatic heterocycles. The Bertz CT molecular complexity index is 287. The highest BCUT2D eigenvalue weighted by Crippen LogP contribution is 2.51. The Balaban J connectivity index is 1.65. The molecule has 2 bridgehead atoms. The second-order valence-electron chi connectivity index (χ2n) is 7.68. The molecule has 0 radical (unpaired) electrons. The molecule has 0 spiro atoms.